The van der Waals surface area contributed by atoms with Gasteiger partial charge in [0.1, 0.15) is 0 Å². The van der Waals surface area contributed by atoms with E-state index in [1.807, 2.05) is 6.07 Å². The van der Waals surface area contributed by atoms with Crippen LogP contribution in [0.5, 0.6) is 0 Å². The maximum absolute atomic E-state index is 10.7. The summed E-state index contributed by atoms with van der Waals surface area (Å²) in [4.78, 5) is 11.6. The summed E-state index contributed by atoms with van der Waals surface area (Å²) in [5.41, 5.74) is 4.08. The van der Waals surface area contributed by atoms with Gasteiger partial charge < -0.3 is 0 Å². The van der Waals surface area contributed by atoms with Gasteiger partial charge in [0.2, 0.25) is 0 Å². The van der Waals surface area contributed by atoms with E-state index < -0.39 is 0 Å². The first kappa shape index (κ1) is 12.4. The summed E-state index contributed by atoms with van der Waals surface area (Å²) in [7, 11) is 0. The molecule has 0 saturated heterocycles. The Hall–Kier alpha value is -1.67. The van der Waals surface area contributed by atoms with E-state index >= 15 is 0 Å². The largest absolute Gasteiger partial charge is 0.297 e. The third-order valence-corrected chi connectivity index (χ3v) is 4.65. The van der Waals surface area contributed by atoms with Gasteiger partial charge in [-0.15, -0.1) is 11.3 Å². The van der Waals surface area contributed by atoms with Crippen LogP contribution < -0.4 is 0 Å². The van der Waals surface area contributed by atoms with E-state index in [9.17, 15) is 4.79 Å². The van der Waals surface area contributed by atoms with Crippen LogP contribution in [-0.2, 0) is 0 Å². The van der Waals surface area contributed by atoms with E-state index in [0.717, 1.165) is 24.0 Å². The van der Waals surface area contributed by atoms with Crippen LogP contribution in [-0.4, -0.2) is 6.29 Å². The quantitative estimate of drug-likeness (QED) is 0.723. The zero-order chi connectivity index (χ0) is 13.1. The monoisotopic (exact) mass is 268 g/mol. The maximum atomic E-state index is 10.7. The molecule has 0 N–H and O–H groups in total. The van der Waals surface area contributed by atoms with Crippen molar-refractivity contribution in [1.29, 1.82) is 0 Å². The summed E-state index contributed by atoms with van der Waals surface area (Å²) in [5, 5.41) is 2.10. The Balaban J connectivity index is 1.75. The molecule has 0 aliphatic heterocycles. The Labute approximate surface area is 117 Å². The molecule has 0 saturated carbocycles. The summed E-state index contributed by atoms with van der Waals surface area (Å²) >= 11 is 1.53. The lowest BCUT2D eigenvalue weighted by Crippen LogP contribution is -2.03. The fourth-order valence-electron chi connectivity index (χ4n) is 2.71. The van der Waals surface area contributed by atoms with Crippen molar-refractivity contribution in [3.05, 3.63) is 63.9 Å². The molecule has 0 amide bonds. The van der Waals surface area contributed by atoms with Gasteiger partial charge in [-0.05, 0) is 53.3 Å². The summed E-state index contributed by atoms with van der Waals surface area (Å²) in [6.07, 6.45) is 6.68. The Bertz CT molecular complexity index is 595. The second-order valence-corrected chi connectivity index (χ2v) is 5.91. The minimum absolute atomic E-state index is 0.647. The molecular formula is C17H16OS. The lowest BCUT2D eigenvalue weighted by atomic mass is 9.83. The van der Waals surface area contributed by atoms with Crippen LogP contribution in [0.3, 0.4) is 0 Å². The first-order chi connectivity index (χ1) is 9.36. The maximum Gasteiger partial charge on any atom is 0.160 e. The summed E-state index contributed by atoms with van der Waals surface area (Å²) in [6.45, 7) is 0. The van der Waals surface area contributed by atoms with Gasteiger partial charge in [-0.25, -0.2) is 0 Å². The molecule has 0 spiro atoms. The zero-order valence-corrected chi connectivity index (χ0v) is 11.5. The van der Waals surface area contributed by atoms with Crippen molar-refractivity contribution >= 4 is 23.2 Å². The fraction of sp³-hybridized carbons (Fsp3) is 0.235. The van der Waals surface area contributed by atoms with Crippen LogP contribution >= 0.6 is 11.3 Å². The van der Waals surface area contributed by atoms with E-state index in [-0.39, 0.29) is 0 Å². The predicted octanol–water partition coefficient (Wildman–Crippen LogP) is 4.91. The fourth-order valence-corrected chi connectivity index (χ4v) is 3.44. The van der Waals surface area contributed by atoms with Gasteiger partial charge in [-0.3, -0.25) is 4.79 Å². The van der Waals surface area contributed by atoms with E-state index in [4.69, 9.17) is 0 Å². The number of aldehydes is 1. The number of hydrogen-bond acceptors (Lipinski definition) is 2. The SMILES string of the molecule is O=Cc1cc(C2=CCC(c3ccccc3)CC2)cs1. The molecule has 19 heavy (non-hydrogen) atoms. The van der Waals surface area contributed by atoms with Gasteiger partial charge >= 0.3 is 0 Å². The second kappa shape index (κ2) is 5.54. The highest BCUT2D eigenvalue weighted by molar-refractivity contribution is 7.11. The Morgan fingerprint density at radius 3 is 2.68 bits per heavy atom. The van der Waals surface area contributed by atoms with Gasteiger partial charge in [0.25, 0.3) is 0 Å². The van der Waals surface area contributed by atoms with E-state index in [0.29, 0.717) is 5.92 Å². The Kier molecular flexibility index (Phi) is 3.60. The van der Waals surface area contributed by atoms with E-state index in [2.05, 4.69) is 41.8 Å². The zero-order valence-electron chi connectivity index (χ0n) is 10.7. The molecule has 0 bridgehead atoms. The number of carbonyl (C=O) groups excluding carboxylic acids is 1. The van der Waals surface area contributed by atoms with Crippen LogP contribution in [0.2, 0.25) is 0 Å². The van der Waals surface area contributed by atoms with Crippen LogP contribution in [0.15, 0.2) is 47.9 Å². The molecule has 2 heteroatoms. The molecule has 1 nitrogen and oxygen atoms in total. The molecule has 0 radical (unpaired) electrons. The molecule has 1 unspecified atom stereocenters. The first-order valence-corrected chi connectivity index (χ1v) is 7.53. The highest BCUT2D eigenvalue weighted by Crippen LogP contribution is 2.36. The molecule has 3 rings (SSSR count). The van der Waals surface area contributed by atoms with E-state index in [1.54, 1.807) is 0 Å². The summed E-state index contributed by atoms with van der Waals surface area (Å²) in [5.74, 6) is 0.647. The average Bonchev–Trinajstić information content (AvgIpc) is 2.97. The smallest absolute Gasteiger partial charge is 0.160 e. The minimum Gasteiger partial charge on any atom is -0.297 e. The van der Waals surface area contributed by atoms with Gasteiger partial charge in [0.15, 0.2) is 6.29 Å². The summed E-state index contributed by atoms with van der Waals surface area (Å²) < 4.78 is 0. The number of allylic oxidation sites excluding steroid dienone is 2. The Morgan fingerprint density at radius 2 is 2.05 bits per heavy atom. The Morgan fingerprint density at radius 1 is 1.21 bits per heavy atom. The highest BCUT2D eigenvalue weighted by Gasteiger charge is 2.17. The predicted molar refractivity (Wildman–Crippen MR) is 80.7 cm³/mol. The van der Waals surface area contributed by atoms with Crippen LogP contribution in [0, 0.1) is 0 Å². The van der Waals surface area contributed by atoms with Crippen LogP contribution in [0.25, 0.3) is 5.57 Å². The molecule has 0 fully saturated rings. The van der Waals surface area contributed by atoms with Gasteiger partial charge in [0, 0.05) is 0 Å². The lowest BCUT2D eigenvalue weighted by molar-refractivity contribution is 0.112. The van der Waals surface area contributed by atoms with Crippen molar-refractivity contribution in [3.8, 4) is 0 Å². The number of benzene rings is 1. The molecule has 1 aliphatic rings. The number of carbonyl (C=O) groups is 1. The number of thiophene rings is 1. The molecular weight excluding hydrogens is 252 g/mol. The van der Waals surface area contributed by atoms with Gasteiger partial charge in [-0.1, -0.05) is 36.4 Å². The van der Waals surface area contributed by atoms with Crippen molar-refractivity contribution in [1.82, 2.24) is 0 Å². The normalized spacial score (nSPS) is 18.9. The molecule has 1 aromatic heterocycles. The molecule has 1 aliphatic carbocycles. The molecule has 1 heterocycles. The average molecular weight is 268 g/mol. The molecule has 96 valence electrons. The first-order valence-electron chi connectivity index (χ1n) is 6.65. The third kappa shape index (κ3) is 2.69. The van der Waals surface area contributed by atoms with Crippen molar-refractivity contribution < 1.29 is 4.79 Å². The second-order valence-electron chi connectivity index (χ2n) is 4.97. The standard InChI is InChI=1S/C17H16OS/c18-11-17-10-16(12-19-17)15-8-6-14(7-9-15)13-4-2-1-3-5-13/h1-5,8,10-12,14H,6-7,9H2. The topological polar surface area (TPSA) is 17.1 Å². The van der Waals surface area contributed by atoms with Gasteiger partial charge in [0.05, 0.1) is 4.88 Å². The number of hydrogen-bond donors (Lipinski definition) is 0. The van der Waals surface area contributed by atoms with Crippen molar-refractivity contribution in [3.63, 3.8) is 0 Å². The molecule has 2 aromatic rings. The lowest BCUT2D eigenvalue weighted by Gasteiger charge is -2.22. The highest BCUT2D eigenvalue weighted by atomic mass is 32.1. The third-order valence-electron chi connectivity index (χ3n) is 3.79. The van der Waals surface area contributed by atoms with E-state index in [1.165, 1.54) is 34.5 Å². The van der Waals surface area contributed by atoms with Crippen molar-refractivity contribution in [2.24, 2.45) is 0 Å². The van der Waals surface area contributed by atoms with Crippen molar-refractivity contribution in [2.75, 3.05) is 0 Å². The number of rotatable bonds is 3. The van der Waals surface area contributed by atoms with Gasteiger partial charge in [-0.2, -0.15) is 0 Å². The minimum atomic E-state index is 0.647. The van der Waals surface area contributed by atoms with Crippen LogP contribution in [0.4, 0.5) is 0 Å². The molecule has 1 atom stereocenters. The molecule has 1 aromatic carbocycles. The van der Waals surface area contributed by atoms with Crippen molar-refractivity contribution in [2.45, 2.75) is 25.2 Å². The summed E-state index contributed by atoms with van der Waals surface area (Å²) in [6, 6.07) is 12.7. The van der Waals surface area contributed by atoms with Crippen LogP contribution in [0.1, 0.15) is 46.0 Å².